The Kier molecular flexibility index (Phi) is 8.81. The number of hydrogen-bond donors (Lipinski definition) is 6. The summed E-state index contributed by atoms with van der Waals surface area (Å²) in [5.74, 6) is -3.48. The Morgan fingerprint density at radius 3 is 2.39 bits per heavy atom. The fourth-order valence-corrected chi connectivity index (χ4v) is 6.01. The Bertz CT molecular complexity index is 749. The number of carboxylic acids is 2. The third-order valence-electron chi connectivity index (χ3n) is 5.92. The van der Waals surface area contributed by atoms with Gasteiger partial charge in [-0.05, 0) is 25.6 Å². The van der Waals surface area contributed by atoms with Gasteiger partial charge in [0, 0.05) is 44.8 Å². The average molecular weight is 466 g/mol. The van der Waals surface area contributed by atoms with Crippen molar-refractivity contribution in [2.45, 2.75) is 49.6 Å². The smallest absolute Gasteiger partial charge is 0.451 e. The lowest BCUT2D eigenvalue weighted by atomic mass is 9.78. The molecule has 2 rings (SSSR count). The van der Waals surface area contributed by atoms with Crippen LogP contribution in [0.25, 0.3) is 0 Å². The van der Waals surface area contributed by atoms with Crippen LogP contribution >= 0.6 is 0 Å². The summed E-state index contributed by atoms with van der Waals surface area (Å²) < 4.78 is 34.2. The first-order valence-corrected chi connectivity index (χ1v) is 11.5. The number of carboxylic acid groups (broad SMARTS) is 2. The first-order valence-electron chi connectivity index (χ1n) is 10.1. The van der Waals surface area contributed by atoms with Crippen molar-refractivity contribution in [2.75, 3.05) is 32.8 Å². The van der Waals surface area contributed by atoms with Crippen molar-refractivity contribution in [2.24, 2.45) is 17.4 Å². The molecule has 2 saturated heterocycles. The maximum absolute atomic E-state index is 13.5. The van der Waals surface area contributed by atoms with E-state index in [-0.39, 0.29) is 25.7 Å². The van der Waals surface area contributed by atoms with Crippen LogP contribution in [0.2, 0.25) is 6.32 Å². The van der Waals surface area contributed by atoms with Gasteiger partial charge in [0.2, 0.25) is 0 Å². The topological polar surface area (TPSA) is 217 Å². The Labute approximate surface area is 181 Å². The van der Waals surface area contributed by atoms with Gasteiger partial charge in [0.1, 0.15) is 11.6 Å². The van der Waals surface area contributed by atoms with Crippen LogP contribution in [-0.4, -0.2) is 107 Å². The van der Waals surface area contributed by atoms with Crippen molar-refractivity contribution >= 4 is 29.3 Å². The summed E-state index contributed by atoms with van der Waals surface area (Å²) in [6.45, 7) is -0.527. The Hall–Kier alpha value is -1.33. The molecule has 0 radical (unpaired) electrons. The number of nitrogens with two attached hydrogens (primary N) is 2. The van der Waals surface area contributed by atoms with Gasteiger partial charge in [-0.2, -0.15) is 17.0 Å². The van der Waals surface area contributed by atoms with Crippen molar-refractivity contribution < 1.29 is 43.0 Å². The maximum Gasteiger partial charge on any atom is 0.451 e. The molecule has 0 amide bonds. The molecule has 2 aliphatic heterocycles. The van der Waals surface area contributed by atoms with Crippen molar-refractivity contribution in [1.29, 1.82) is 0 Å². The highest BCUT2D eigenvalue weighted by atomic mass is 32.2. The molecule has 0 aromatic rings. The van der Waals surface area contributed by atoms with E-state index in [0.717, 1.165) is 8.61 Å². The lowest BCUT2D eigenvalue weighted by Crippen LogP contribution is -2.57. The average Bonchev–Trinajstić information content (AvgIpc) is 3.05. The Balaban J connectivity index is 2.28. The summed E-state index contributed by atoms with van der Waals surface area (Å²) in [7, 11) is -5.84. The molecule has 0 bridgehead atoms. The predicted molar refractivity (Wildman–Crippen MR) is 109 cm³/mol. The van der Waals surface area contributed by atoms with Crippen LogP contribution in [0, 0.1) is 5.92 Å². The van der Waals surface area contributed by atoms with Gasteiger partial charge in [0.25, 0.3) is 10.2 Å². The minimum atomic E-state index is -4.28. The first kappa shape index (κ1) is 25.9. The maximum atomic E-state index is 13.5. The molecule has 2 fully saturated rings. The zero-order chi connectivity index (χ0) is 23.4. The highest BCUT2D eigenvalue weighted by Crippen LogP contribution is 2.34. The van der Waals surface area contributed by atoms with Crippen molar-refractivity contribution in [3.8, 4) is 0 Å². The molecule has 0 aromatic carbocycles. The number of ether oxygens (including phenoxy) is 1. The van der Waals surface area contributed by atoms with Crippen molar-refractivity contribution in [3.63, 3.8) is 0 Å². The van der Waals surface area contributed by atoms with Gasteiger partial charge in [-0.25, -0.2) is 0 Å². The first-order chi connectivity index (χ1) is 14.4. The molecule has 13 nitrogen and oxygen atoms in total. The van der Waals surface area contributed by atoms with E-state index in [0.29, 0.717) is 26.1 Å². The van der Waals surface area contributed by atoms with Gasteiger partial charge >= 0.3 is 19.1 Å². The lowest BCUT2D eigenvalue weighted by Gasteiger charge is -2.36. The summed E-state index contributed by atoms with van der Waals surface area (Å²) in [4.78, 5) is 23.1. The van der Waals surface area contributed by atoms with Gasteiger partial charge in [0.15, 0.2) is 0 Å². The third-order valence-corrected chi connectivity index (χ3v) is 7.89. The molecule has 15 heteroatoms. The van der Waals surface area contributed by atoms with Crippen LogP contribution < -0.4 is 11.5 Å². The summed E-state index contributed by atoms with van der Waals surface area (Å²) in [5, 5.41) is 36.9. The minimum absolute atomic E-state index is 0.000608. The van der Waals surface area contributed by atoms with E-state index in [1.807, 2.05) is 0 Å². The molecular formula is C16H31BN4O9S. The normalized spacial score (nSPS) is 26.8. The van der Waals surface area contributed by atoms with Gasteiger partial charge in [0.05, 0.1) is 0 Å². The monoisotopic (exact) mass is 466 g/mol. The van der Waals surface area contributed by atoms with E-state index in [4.69, 9.17) is 26.3 Å². The fourth-order valence-electron chi connectivity index (χ4n) is 4.03. The van der Waals surface area contributed by atoms with Crippen LogP contribution in [0.15, 0.2) is 0 Å². The molecule has 31 heavy (non-hydrogen) atoms. The number of rotatable bonds is 11. The fraction of sp³-hybridized carbons (Fsp3) is 0.875. The van der Waals surface area contributed by atoms with E-state index in [9.17, 15) is 28.2 Å². The minimum Gasteiger partial charge on any atom is -0.480 e. The molecule has 0 aliphatic carbocycles. The van der Waals surface area contributed by atoms with Crippen molar-refractivity contribution in [3.05, 3.63) is 0 Å². The Morgan fingerprint density at radius 2 is 1.87 bits per heavy atom. The van der Waals surface area contributed by atoms with Crippen molar-refractivity contribution in [1.82, 2.24) is 8.61 Å². The van der Waals surface area contributed by atoms with E-state index in [1.165, 1.54) is 0 Å². The summed E-state index contributed by atoms with van der Waals surface area (Å²) in [6, 6.07) is -1.99. The Morgan fingerprint density at radius 1 is 1.26 bits per heavy atom. The van der Waals surface area contributed by atoms with E-state index in [2.05, 4.69) is 0 Å². The number of hydrogen-bond acceptors (Lipinski definition) is 9. The zero-order valence-electron chi connectivity index (χ0n) is 17.2. The van der Waals surface area contributed by atoms with Crippen LogP contribution in [0.5, 0.6) is 0 Å². The largest absolute Gasteiger partial charge is 0.480 e. The molecule has 0 spiro atoms. The molecule has 1 unspecified atom stereocenters. The summed E-state index contributed by atoms with van der Waals surface area (Å²) >= 11 is 0. The van der Waals surface area contributed by atoms with Gasteiger partial charge in [-0.1, -0.05) is 6.42 Å². The van der Waals surface area contributed by atoms with Gasteiger partial charge in [-0.3, -0.25) is 9.59 Å². The molecule has 3 atom stereocenters. The summed E-state index contributed by atoms with van der Waals surface area (Å²) in [6.07, 6.45) is 1.13. The molecule has 2 aliphatic rings. The second kappa shape index (κ2) is 10.5. The zero-order valence-corrected chi connectivity index (χ0v) is 18.0. The molecule has 178 valence electrons. The SMILES string of the molecule is NC(CN(C1CCOCC1)S(=O)(=O)N1C[C@H](CCCB(O)O)[C@](N)(C(=O)O)C1)C(=O)O. The van der Waals surface area contributed by atoms with Crippen LogP contribution in [0.4, 0.5) is 0 Å². The third kappa shape index (κ3) is 6.13. The predicted octanol–water partition coefficient (Wildman–Crippen LogP) is -2.91. The lowest BCUT2D eigenvalue weighted by molar-refractivity contribution is -0.144. The second-order valence-electron chi connectivity index (χ2n) is 8.11. The number of carbonyl (C=O) groups is 2. The molecule has 2 heterocycles. The van der Waals surface area contributed by atoms with Crippen LogP contribution in [0.3, 0.4) is 0 Å². The quantitative estimate of drug-likeness (QED) is 0.170. The highest BCUT2D eigenvalue weighted by molar-refractivity contribution is 7.86. The number of nitrogens with zero attached hydrogens (tertiary/aromatic N) is 2. The van der Waals surface area contributed by atoms with Crippen LogP contribution in [0.1, 0.15) is 25.7 Å². The van der Waals surface area contributed by atoms with E-state index >= 15 is 0 Å². The van der Waals surface area contributed by atoms with Gasteiger partial charge in [-0.15, -0.1) is 0 Å². The van der Waals surface area contributed by atoms with Crippen LogP contribution in [-0.2, 0) is 24.5 Å². The second-order valence-corrected chi connectivity index (χ2v) is 9.99. The molecular weight excluding hydrogens is 435 g/mol. The molecule has 0 aromatic heterocycles. The summed E-state index contributed by atoms with van der Waals surface area (Å²) in [5.41, 5.74) is 9.85. The standard InChI is InChI=1S/C16H31BN4O9S/c18-13(14(22)23)9-21(12-3-6-30-7-4-12)31(28,29)20-8-11(2-1-5-17(26)27)16(19,10-20)15(24)25/h11-13,26-27H,1-10,18-19H2,(H,22,23)(H,24,25)/t11-,13?,16-/m0/s1. The highest BCUT2D eigenvalue weighted by Gasteiger charge is 2.54. The molecule has 0 saturated carbocycles. The molecule has 8 N–H and O–H groups in total. The van der Waals surface area contributed by atoms with E-state index < -0.39 is 65.9 Å². The number of aliphatic carboxylic acids is 2. The van der Waals surface area contributed by atoms with E-state index in [1.54, 1.807) is 0 Å². The van der Waals surface area contributed by atoms with Gasteiger partial charge < -0.3 is 36.5 Å².